The number of nitrogens with one attached hydrogen (secondary N) is 3. The van der Waals surface area contributed by atoms with Gasteiger partial charge < -0.3 is 10.6 Å². The van der Waals surface area contributed by atoms with E-state index in [4.69, 9.17) is 11.6 Å². The number of aromatic nitrogens is 2. The van der Waals surface area contributed by atoms with Crippen molar-refractivity contribution in [3.05, 3.63) is 61.9 Å². The molecule has 0 bridgehead atoms. The Morgan fingerprint density at radius 1 is 1.24 bits per heavy atom. The summed E-state index contributed by atoms with van der Waals surface area (Å²) in [6.07, 6.45) is 1.99. The number of hydrogen-bond donors (Lipinski definition) is 3. The highest BCUT2D eigenvalue weighted by Gasteiger charge is 2.14. The van der Waals surface area contributed by atoms with Crippen LogP contribution in [0.3, 0.4) is 0 Å². The van der Waals surface area contributed by atoms with Crippen LogP contribution in [0.4, 0.5) is 5.69 Å². The van der Waals surface area contributed by atoms with Crippen molar-refractivity contribution in [3.63, 3.8) is 0 Å². The van der Waals surface area contributed by atoms with Gasteiger partial charge in [-0.15, -0.1) is 0 Å². The molecule has 0 saturated heterocycles. The number of anilines is 1. The van der Waals surface area contributed by atoms with Gasteiger partial charge in [0.15, 0.2) is 0 Å². The zero-order chi connectivity index (χ0) is 18.4. The summed E-state index contributed by atoms with van der Waals surface area (Å²) in [5.41, 5.74) is -0.746. The van der Waals surface area contributed by atoms with Gasteiger partial charge >= 0.3 is 5.69 Å². The molecule has 1 heterocycles. The second-order valence-corrected chi connectivity index (χ2v) is 5.67. The first-order valence-corrected chi connectivity index (χ1v) is 7.96. The van der Waals surface area contributed by atoms with Gasteiger partial charge in [-0.3, -0.25) is 23.9 Å². The fourth-order valence-electron chi connectivity index (χ4n) is 2.06. The lowest BCUT2D eigenvalue weighted by molar-refractivity contribution is -0.116. The van der Waals surface area contributed by atoms with Crippen molar-refractivity contribution in [2.45, 2.75) is 19.9 Å². The van der Waals surface area contributed by atoms with E-state index in [9.17, 15) is 19.2 Å². The van der Waals surface area contributed by atoms with Gasteiger partial charge in [0.25, 0.3) is 11.5 Å². The molecule has 0 saturated carbocycles. The Balaban J connectivity index is 2.19. The van der Waals surface area contributed by atoms with Crippen LogP contribution in [0.25, 0.3) is 0 Å². The molecule has 25 heavy (non-hydrogen) atoms. The van der Waals surface area contributed by atoms with Gasteiger partial charge in [0, 0.05) is 23.8 Å². The van der Waals surface area contributed by atoms with Crippen LogP contribution in [0.5, 0.6) is 0 Å². The minimum Gasteiger partial charge on any atom is -0.352 e. The summed E-state index contributed by atoms with van der Waals surface area (Å²) in [6.45, 7) is 2.10. The summed E-state index contributed by atoms with van der Waals surface area (Å²) in [5, 5.41) is 5.63. The van der Waals surface area contributed by atoms with Crippen LogP contribution in [0.2, 0.25) is 5.02 Å². The van der Waals surface area contributed by atoms with E-state index < -0.39 is 17.2 Å². The summed E-state index contributed by atoms with van der Waals surface area (Å²) < 4.78 is 1.04. The van der Waals surface area contributed by atoms with Crippen molar-refractivity contribution >= 4 is 29.1 Å². The van der Waals surface area contributed by atoms with Crippen molar-refractivity contribution in [1.82, 2.24) is 14.9 Å². The molecule has 2 rings (SSSR count). The minimum absolute atomic E-state index is 0.239. The van der Waals surface area contributed by atoms with Crippen LogP contribution >= 0.6 is 11.6 Å². The Hall–Kier alpha value is -2.87. The number of halogens is 1. The molecular formula is C16H17ClN4O4. The molecule has 0 fully saturated rings. The third-order valence-electron chi connectivity index (χ3n) is 3.25. The molecule has 0 radical (unpaired) electrons. The highest BCUT2D eigenvalue weighted by molar-refractivity contribution is 6.31. The number of nitrogens with zero attached hydrogens (tertiary/aromatic N) is 1. The van der Waals surface area contributed by atoms with Crippen molar-refractivity contribution in [3.8, 4) is 0 Å². The zero-order valence-electron chi connectivity index (χ0n) is 13.5. The van der Waals surface area contributed by atoms with Gasteiger partial charge in [-0.1, -0.05) is 18.5 Å². The zero-order valence-corrected chi connectivity index (χ0v) is 14.2. The maximum atomic E-state index is 12.2. The van der Waals surface area contributed by atoms with E-state index in [0.717, 1.165) is 17.1 Å². The molecule has 3 N–H and O–H groups in total. The number of H-pyrrole nitrogens is 1. The molecule has 0 aliphatic carbocycles. The number of hydrogen-bond acceptors (Lipinski definition) is 4. The van der Waals surface area contributed by atoms with Gasteiger partial charge in [-0.25, -0.2) is 4.79 Å². The molecule has 8 nitrogen and oxygen atoms in total. The molecule has 1 aromatic carbocycles. The topological polar surface area (TPSA) is 113 Å². The molecule has 1 aromatic heterocycles. The third kappa shape index (κ3) is 5.05. The van der Waals surface area contributed by atoms with Crippen LogP contribution < -0.4 is 21.9 Å². The lowest BCUT2D eigenvalue weighted by atomic mass is 10.1. The van der Waals surface area contributed by atoms with Gasteiger partial charge in [-0.05, 0) is 24.6 Å². The number of aromatic amines is 1. The molecule has 9 heteroatoms. The van der Waals surface area contributed by atoms with E-state index in [1.54, 1.807) is 6.07 Å². The molecule has 0 unspecified atom stereocenters. The Labute approximate surface area is 147 Å². The highest BCUT2D eigenvalue weighted by Crippen LogP contribution is 2.21. The summed E-state index contributed by atoms with van der Waals surface area (Å²) >= 11 is 5.93. The Morgan fingerprint density at radius 2 is 2.00 bits per heavy atom. The fraction of sp³-hybridized carbons (Fsp3) is 0.250. The summed E-state index contributed by atoms with van der Waals surface area (Å²) in [5.74, 6) is -0.879. The first-order valence-electron chi connectivity index (χ1n) is 7.58. The second-order valence-electron chi connectivity index (χ2n) is 5.23. The van der Waals surface area contributed by atoms with Crippen LogP contribution in [0, 0.1) is 0 Å². The largest absolute Gasteiger partial charge is 0.352 e. The Morgan fingerprint density at radius 3 is 2.68 bits per heavy atom. The van der Waals surface area contributed by atoms with Crippen LogP contribution in [0.1, 0.15) is 23.7 Å². The van der Waals surface area contributed by atoms with E-state index >= 15 is 0 Å². The van der Waals surface area contributed by atoms with Gasteiger partial charge in [0.2, 0.25) is 5.91 Å². The first kappa shape index (κ1) is 18.5. The molecule has 2 aromatic rings. The van der Waals surface area contributed by atoms with E-state index in [2.05, 4.69) is 15.6 Å². The quantitative estimate of drug-likeness (QED) is 0.708. The van der Waals surface area contributed by atoms with Crippen molar-refractivity contribution in [2.24, 2.45) is 0 Å². The summed E-state index contributed by atoms with van der Waals surface area (Å²) in [7, 11) is 0. The van der Waals surface area contributed by atoms with Crippen LogP contribution in [-0.2, 0) is 11.3 Å². The average molecular weight is 365 g/mol. The van der Waals surface area contributed by atoms with Crippen molar-refractivity contribution in [1.29, 1.82) is 0 Å². The molecule has 2 amide bonds. The monoisotopic (exact) mass is 364 g/mol. The van der Waals surface area contributed by atoms with E-state index in [0.29, 0.717) is 11.6 Å². The molecule has 0 aliphatic heterocycles. The average Bonchev–Trinajstić information content (AvgIpc) is 2.55. The third-order valence-corrected chi connectivity index (χ3v) is 3.48. The molecule has 0 aliphatic rings. The van der Waals surface area contributed by atoms with Crippen molar-refractivity contribution in [2.75, 3.05) is 11.9 Å². The second kappa shape index (κ2) is 8.29. The predicted octanol–water partition coefficient (Wildman–Crippen LogP) is 0.969. The lowest BCUT2D eigenvalue weighted by Crippen LogP contribution is -2.33. The number of rotatable bonds is 6. The van der Waals surface area contributed by atoms with Gasteiger partial charge in [0.05, 0.1) is 11.3 Å². The van der Waals surface area contributed by atoms with Crippen LogP contribution in [0.15, 0.2) is 40.1 Å². The SMILES string of the molecule is CCCNC(=O)c1ccc(Cl)cc1NC(=O)Cn1ccc(=O)[nH]c1=O. The van der Waals surface area contributed by atoms with Gasteiger partial charge in [-0.2, -0.15) is 0 Å². The number of amides is 2. The predicted molar refractivity (Wildman–Crippen MR) is 94.0 cm³/mol. The smallest absolute Gasteiger partial charge is 0.328 e. The van der Waals surface area contributed by atoms with Crippen molar-refractivity contribution < 1.29 is 9.59 Å². The minimum atomic E-state index is -0.699. The molecule has 0 spiro atoms. The molecule has 0 atom stereocenters. The normalized spacial score (nSPS) is 10.3. The summed E-state index contributed by atoms with van der Waals surface area (Å²) in [4.78, 5) is 49.1. The first-order chi connectivity index (χ1) is 11.9. The molecular weight excluding hydrogens is 348 g/mol. The van der Waals surface area contributed by atoms with E-state index in [1.165, 1.54) is 18.3 Å². The molecule has 132 valence electrons. The van der Waals surface area contributed by atoms with Crippen LogP contribution in [-0.4, -0.2) is 27.9 Å². The number of benzene rings is 1. The highest BCUT2D eigenvalue weighted by atomic mass is 35.5. The fourth-order valence-corrected chi connectivity index (χ4v) is 2.24. The van der Waals surface area contributed by atoms with E-state index in [1.807, 2.05) is 6.92 Å². The van der Waals surface area contributed by atoms with E-state index in [-0.39, 0.29) is 23.7 Å². The van der Waals surface area contributed by atoms with Gasteiger partial charge in [0.1, 0.15) is 6.54 Å². The Kier molecular flexibility index (Phi) is 6.13. The number of carbonyl (C=O) groups excluding carboxylic acids is 2. The maximum Gasteiger partial charge on any atom is 0.328 e. The Bertz CT molecular complexity index is 903. The standard InChI is InChI=1S/C16H17ClN4O4/c1-2-6-18-15(24)11-4-3-10(17)8-12(11)19-14(23)9-21-7-5-13(22)20-16(21)25/h3-5,7-8H,2,6,9H2,1H3,(H,18,24)(H,19,23)(H,20,22,25). The number of carbonyl (C=O) groups is 2. The lowest BCUT2D eigenvalue weighted by Gasteiger charge is -2.12. The maximum absolute atomic E-state index is 12.2. The summed E-state index contributed by atoms with van der Waals surface area (Å²) in [6, 6.07) is 5.65.